The molecule has 1 aromatic heterocycles. The molecule has 0 bridgehead atoms. The molecule has 0 atom stereocenters. The summed E-state index contributed by atoms with van der Waals surface area (Å²) < 4.78 is 5.73. The molecule has 3 nitrogen and oxygen atoms in total. The number of hydrogen-bond acceptors (Lipinski definition) is 3. The SMILES string of the molecule is CNCCCc1cnc(Cc2ccc(C)cc2)o1. The van der Waals surface area contributed by atoms with Gasteiger partial charge in [0, 0.05) is 12.8 Å². The summed E-state index contributed by atoms with van der Waals surface area (Å²) in [4.78, 5) is 4.33. The molecule has 2 aromatic rings. The van der Waals surface area contributed by atoms with Crippen molar-refractivity contribution in [2.75, 3.05) is 13.6 Å². The second-order valence-corrected chi connectivity index (χ2v) is 4.59. The normalized spacial score (nSPS) is 10.8. The van der Waals surface area contributed by atoms with Gasteiger partial charge in [-0.05, 0) is 32.5 Å². The Balaban J connectivity index is 1.91. The van der Waals surface area contributed by atoms with Crippen LogP contribution in [0, 0.1) is 6.92 Å². The Hall–Kier alpha value is -1.61. The highest BCUT2D eigenvalue weighted by atomic mass is 16.4. The smallest absolute Gasteiger partial charge is 0.198 e. The van der Waals surface area contributed by atoms with E-state index in [1.807, 2.05) is 13.2 Å². The average molecular weight is 244 g/mol. The van der Waals surface area contributed by atoms with Crippen LogP contribution < -0.4 is 5.32 Å². The van der Waals surface area contributed by atoms with E-state index in [0.29, 0.717) is 0 Å². The van der Waals surface area contributed by atoms with Crippen molar-refractivity contribution in [3.63, 3.8) is 0 Å². The van der Waals surface area contributed by atoms with Crippen molar-refractivity contribution in [3.8, 4) is 0 Å². The summed E-state index contributed by atoms with van der Waals surface area (Å²) in [6.45, 7) is 3.10. The molecule has 96 valence electrons. The zero-order valence-electron chi connectivity index (χ0n) is 11.1. The van der Waals surface area contributed by atoms with Crippen LogP contribution in [0.5, 0.6) is 0 Å². The van der Waals surface area contributed by atoms with Crippen molar-refractivity contribution in [2.45, 2.75) is 26.2 Å². The first kappa shape index (κ1) is 12.8. The number of nitrogens with one attached hydrogen (secondary N) is 1. The monoisotopic (exact) mass is 244 g/mol. The lowest BCUT2D eigenvalue weighted by Crippen LogP contribution is -2.08. The van der Waals surface area contributed by atoms with Gasteiger partial charge in [0.15, 0.2) is 5.89 Å². The van der Waals surface area contributed by atoms with Gasteiger partial charge in [0.1, 0.15) is 5.76 Å². The summed E-state index contributed by atoms with van der Waals surface area (Å²) in [6, 6.07) is 8.48. The summed E-state index contributed by atoms with van der Waals surface area (Å²) in [7, 11) is 1.96. The van der Waals surface area contributed by atoms with Crippen LogP contribution in [0.25, 0.3) is 0 Å². The van der Waals surface area contributed by atoms with E-state index in [4.69, 9.17) is 4.42 Å². The molecule has 3 heteroatoms. The zero-order valence-corrected chi connectivity index (χ0v) is 11.1. The van der Waals surface area contributed by atoms with Crippen molar-refractivity contribution in [1.82, 2.24) is 10.3 Å². The van der Waals surface area contributed by atoms with E-state index in [9.17, 15) is 0 Å². The predicted octanol–water partition coefficient (Wildman–Crippen LogP) is 2.73. The van der Waals surface area contributed by atoms with Crippen LogP contribution in [0.1, 0.15) is 29.2 Å². The number of benzene rings is 1. The van der Waals surface area contributed by atoms with Gasteiger partial charge in [0.05, 0.1) is 6.20 Å². The standard InChI is InChI=1S/C15H20N2O/c1-12-5-7-13(8-6-12)10-15-17-11-14(18-15)4-3-9-16-2/h5-8,11,16H,3-4,9-10H2,1-2H3. The molecule has 0 aliphatic heterocycles. The van der Waals surface area contributed by atoms with Crippen LogP contribution in [0.3, 0.4) is 0 Å². The molecular weight excluding hydrogens is 224 g/mol. The molecule has 0 aliphatic rings. The third-order valence-corrected chi connectivity index (χ3v) is 2.93. The summed E-state index contributed by atoms with van der Waals surface area (Å²) in [5, 5.41) is 3.13. The fourth-order valence-corrected chi connectivity index (χ4v) is 1.87. The Kier molecular flexibility index (Phi) is 4.53. The van der Waals surface area contributed by atoms with E-state index in [1.165, 1.54) is 11.1 Å². The first-order valence-corrected chi connectivity index (χ1v) is 6.41. The Bertz CT molecular complexity index is 473. The molecule has 0 spiro atoms. The summed E-state index contributed by atoms with van der Waals surface area (Å²) in [5.74, 6) is 1.78. The maximum atomic E-state index is 5.73. The van der Waals surface area contributed by atoms with Crippen molar-refractivity contribution < 1.29 is 4.42 Å². The highest BCUT2D eigenvalue weighted by Crippen LogP contribution is 2.12. The van der Waals surface area contributed by atoms with Crippen LogP contribution in [-0.2, 0) is 12.8 Å². The van der Waals surface area contributed by atoms with Gasteiger partial charge in [-0.1, -0.05) is 29.8 Å². The minimum absolute atomic E-state index is 0.770. The van der Waals surface area contributed by atoms with Crippen LogP contribution in [0.2, 0.25) is 0 Å². The summed E-state index contributed by atoms with van der Waals surface area (Å²) >= 11 is 0. The van der Waals surface area contributed by atoms with Gasteiger partial charge in [0.2, 0.25) is 0 Å². The van der Waals surface area contributed by atoms with Gasteiger partial charge in [-0.15, -0.1) is 0 Å². The third kappa shape index (κ3) is 3.70. The number of nitrogens with zero attached hydrogens (tertiary/aromatic N) is 1. The van der Waals surface area contributed by atoms with E-state index < -0.39 is 0 Å². The van der Waals surface area contributed by atoms with Crippen molar-refractivity contribution in [2.24, 2.45) is 0 Å². The Morgan fingerprint density at radius 3 is 2.72 bits per heavy atom. The second kappa shape index (κ2) is 6.36. The highest BCUT2D eigenvalue weighted by Gasteiger charge is 2.04. The maximum Gasteiger partial charge on any atom is 0.198 e. The molecule has 0 saturated heterocycles. The van der Waals surface area contributed by atoms with Crippen molar-refractivity contribution in [3.05, 3.63) is 53.2 Å². The molecule has 0 radical (unpaired) electrons. The number of hydrogen-bond donors (Lipinski definition) is 1. The van der Waals surface area contributed by atoms with Gasteiger partial charge >= 0.3 is 0 Å². The zero-order chi connectivity index (χ0) is 12.8. The molecule has 0 unspecified atom stereocenters. The van der Waals surface area contributed by atoms with Gasteiger partial charge in [-0.25, -0.2) is 4.98 Å². The Morgan fingerprint density at radius 1 is 1.22 bits per heavy atom. The van der Waals surface area contributed by atoms with Gasteiger partial charge < -0.3 is 9.73 Å². The predicted molar refractivity (Wildman–Crippen MR) is 72.7 cm³/mol. The first-order chi connectivity index (χ1) is 8.78. The van der Waals surface area contributed by atoms with Crippen LogP contribution >= 0.6 is 0 Å². The maximum absolute atomic E-state index is 5.73. The van der Waals surface area contributed by atoms with Gasteiger partial charge in [-0.3, -0.25) is 0 Å². The summed E-state index contributed by atoms with van der Waals surface area (Å²) in [6.07, 6.45) is 4.64. The largest absolute Gasteiger partial charge is 0.445 e. The lowest BCUT2D eigenvalue weighted by atomic mass is 10.1. The van der Waals surface area contributed by atoms with Crippen LogP contribution in [0.4, 0.5) is 0 Å². The molecule has 0 aliphatic carbocycles. The topological polar surface area (TPSA) is 38.1 Å². The summed E-state index contributed by atoms with van der Waals surface area (Å²) in [5.41, 5.74) is 2.52. The van der Waals surface area contributed by atoms with Crippen LogP contribution in [0.15, 0.2) is 34.9 Å². The first-order valence-electron chi connectivity index (χ1n) is 6.41. The van der Waals surface area contributed by atoms with E-state index in [0.717, 1.165) is 37.5 Å². The lowest BCUT2D eigenvalue weighted by Gasteiger charge is -1.99. The molecule has 0 fully saturated rings. The van der Waals surface area contributed by atoms with E-state index in [1.54, 1.807) is 0 Å². The number of oxazole rings is 1. The third-order valence-electron chi connectivity index (χ3n) is 2.93. The number of aryl methyl sites for hydroxylation is 2. The minimum atomic E-state index is 0.770. The molecule has 2 rings (SSSR count). The molecule has 1 heterocycles. The van der Waals surface area contributed by atoms with Crippen LogP contribution in [-0.4, -0.2) is 18.6 Å². The highest BCUT2D eigenvalue weighted by molar-refractivity contribution is 5.23. The fraction of sp³-hybridized carbons (Fsp3) is 0.400. The van der Waals surface area contributed by atoms with Crippen molar-refractivity contribution in [1.29, 1.82) is 0 Å². The van der Waals surface area contributed by atoms with Gasteiger partial charge in [-0.2, -0.15) is 0 Å². The lowest BCUT2D eigenvalue weighted by molar-refractivity contribution is 0.457. The van der Waals surface area contributed by atoms with Crippen molar-refractivity contribution >= 4 is 0 Å². The number of aromatic nitrogens is 1. The molecular formula is C15H20N2O. The molecule has 1 aromatic carbocycles. The average Bonchev–Trinajstić information content (AvgIpc) is 2.80. The second-order valence-electron chi connectivity index (χ2n) is 4.59. The molecule has 1 N–H and O–H groups in total. The minimum Gasteiger partial charge on any atom is -0.445 e. The fourth-order valence-electron chi connectivity index (χ4n) is 1.87. The molecule has 18 heavy (non-hydrogen) atoms. The Morgan fingerprint density at radius 2 is 2.00 bits per heavy atom. The number of rotatable bonds is 6. The molecule has 0 saturated carbocycles. The van der Waals surface area contributed by atoms with E-state index in [2.05, 4.69) is 41.5 Å². The molecule has 0 amide bonds. The Labute approximate surface area is 108 Å². The quantitative estimate of drug-likeness (QED) is 0.794. The van der Waals surface area contributed by atoms with E-state index in [-0.39, 0.29) is 0 Å². The van der Waals surface area contributed by atoms with E-state index >= 15 is 0 Å². The van der Waals surface area contributed by atoms with Gasteiger partial charge in [0.25, 0.3) is 0 Å².